The molecule has 0 radical (unpaired) electrons. The normalized spacial score (nSPS) is 18.5. The summed E-state index contributed by atoms with van der Waals surface area (Å²) in [6, 6.07) is 6.48. The summed E-state index contributed by atoms with van der Waals surface area (Å²) in [4.78, 5) is 41.5. The minimum atomic E-state index is -0.692. The molecule has 1 aliphatic rings. The summed E-state index contributed by atoms with van der Waals surface area (Å²) < 4.78 is 0. The number of nitrogens with one attached hydrogen (secondary N) is 3. The molecular weight excluding hydrogens is 384 g/mol. The maximum Gasteiger partial charge on any atom is 0.324 e. The Labute approximate surface area is 176 Å². The van der Waals surface area contributed by atoms with Crippen LogP contribution in [0.4, 0.5) is 4.79 Å². The number of aliphatic hydroxyl groups excluding tert-OH is 1. The lowest BCUT2D eigenvalue weighted by Gasteiger charge is -2.22. The van der Waals surface area contributed by atoms with Gasteiger partial charge in [0.25, 0.3) is 5.91 Å². The molecule has 30 heavy (non-hydrogen) atoms. The minimum absolute atomic E-state index is 0.111. The molecule has 0 bridgehead atoms. The maximum absolute atomic E-state index is 12.6. The van der Waals surface area contributed by atoms with Gasteiger partial charge in [-0.3, -0.25) is 14.5 Å². The first kappa shape index (κ1) is 21.8. The van der Waals surface area contributed by atoms with Crippen molar-refractivity contribution in [1.82, 2.24) is 20.5 Å². The predicted octanol–water partition coefficient (Wildman–Crippen LogP) is 1.93. The zero-order chi connectivity index (χ0) is 21.7. The standard InChI is InChI=1S/C22H30N4O4/c1-3-14(2)19(13-27)24-20(28)9-8-18-21(29)26(22(30)25-18)11-10-15-12-23-17-7-5-4-6-16(15)17/h4-7,12,14,18-19,23,27H,3,8-11,13H2,1-2H3,(H,24,28)(H,25,30)/t14-,18+,19+/m0/s1. The number of amides is 4. The third kappa shape index (κ3) is 4.81. The van der Waals surface area contributed by atoms with Crippen molar-refractivity contribution >= 4 is 28.7 Å². The highest BCUT2D eigenvalue weighted by Gasteiger charge is 2.37. The third-order valence-corrected chi connectivity index (χ3v) is 5.92. The molecule has 0 unspecified atom stereocenters. The van der Waals surface area contributed by atoms with E-state index in [1.807, 2.05) is 44.3 Å². The number of aliphatic hydroxyl groups is 1. The van der Waals surface area contributed by atoms with Gasteiger partial charge >= 0.3 is 6.03 Å². The molecule has 3 atom stereocenters. The van der Waals surface area contributed by atoms with Crippen LogP contribution in [-0.2, 0) is 16.0 Å². The first-order valence-corrected chi connectivity index (χ1v) is 10.5. The summed E-state index contributed by atoms with van der Waals surface area (Å²) in [5.74, 6) is -0.367. The number of urea groups is 1. The minimum Gasteiger partial charge on any atom is -0.394 e. The van der Waals surface area contributed by atoms with Crippen LogP contribution >= 0.6 is 0 Å². The van der Waals surface area contributed by atoms with Crippen molar-refractivity contribution in [3.05, 3.63) is 36.0 Å². The number of nitrogens with zero attached hydrogens (tertiary/aromatic N) is 1. The largest absolute Gasteiger partial charge is 0.394 e. The molecule has 0 saturated carbocycles. The van der Waals surface area contributed by atoms with Gasteiger partial charge in [-0.2, -0.15) is 0 Å². The lowest BCUT2D eigenvalue weighted by molar-refractivity contribution is -0.127. The molecule has 1 fully saturated rings. The second-order valence-electron chi connectivity index (χ2n) is 7.88. The average Bonchev–Trinajstić information content (AvgIpc) is 3.28. The van der Waals surface area contributed by atoms with Gasteiger partial charge in [0, 0.05) is 30.1 Å². The number of hydrogen-bond acceptors (Lipinski definition) is 4. The van der Waals surface area contributed by atoms with E-state index in [2.05, 4.69) is 15.6 Å². The van der Waals surface area contributed by atoms with E-state index < -0.39 is 12.1 Å². The van der Waals surface area contributed by atoms with Crippen molar-refractivity contribution < 1.29 is 19.5 Å². The molecule has 3 rings (SSSR count). The predicted molar refractivity (Wildman–Crippen MR) is 114 cm³/mol. The zero-order valence-electron chi connectivity index (χ0n) is 17.5. The fourth-order valence-corrected chi connectivity index (χ4v) is 3.76. The topological polar surface area (TPSA) is 115 Å². The van der Waals surface area contributed by atoms with Crippen LogP contribution in [0.2, 0.25) is 0 Å². The van der Waals surface area contributed by atoms with Gasteiger partial charge in [0.2, 0.25) is 5.91 Å². The fraction of sp³-hybridized carbons (Fsp3) is 0.500. The molecule has 1 aromatic heterocycles. The second-order valence-corrected chi connectivity index (χ2v) is 7.88. The number of carbonyl (C=O) groups is 3. The van der Waals surface area contributed by atoms with Gasteiger partial charge < -0.3 is 20.7 Å². The SMILES string of the molecule is CC[C@H](C)[C@@H](CO)NC(=O)CC[C@H]1NC(=O)N(CCc2c[nH]c3ccccc23)C1=O. The Morgan fingerprint density at radius 1 is 1.30 bits per heavy atom. The van der Waals surface area contributed by atoms with Crippen molar-refractivity contribution in [1.29, 1.82) is 0 Å². The lowest BCUT2D eigenvalue weighted by Crippen LogP contribution is -2.42. The van der Waals surface area contributed by atoms with Crippen molar-refractivity contribution in [2.45, 2.75) is 51.6 Å². The number of hydrogen-bond donors (Lipinski definition) is 4. The van der Waals surface area contributed by atoms with Crippen LogP contribution in [0.1, 0.15) is 38.7 Å². The molecule has 8 nitrogen and oxygen atoms in total. The van der Waals surface area contributed by atoms with E-state index in [0.29, 0.717) is 6.42 Å². The summed E-state index contributed by atoms with van der Waals surface area (Å²) in [7, 11) is 0. The van der Waals surface area contributed by atoms with E-state index in [1.165, 1.54) is 4.90 Å². The summed E-state index contributed by atoms with van der Waals surface area (Å²) in [6.07, 6.45) is 3.65. The first-order valence-electron chi connectivity index (χ1n) is 10.5. The first-order chi connectivity index (χ1) is 14.4. The van der Waals surface area contributed by atoms with Crippen molar-refractivity contribution in [3.63, 3.8) is 0 Å². The van der Waals surface area contributed by atoms with Crippen molar-refractivity contribution in [2.75, 3.05) is 13.2 Å². The van der Waals surface area contributed by atoms with Crippen LogP contribution < -0.4 is 10.6 Å². The van der Waals surface area contributed by atoms with Crippen LogP contribution in [-0.4, -0.2) is 58.1 Å². The molecule has 1 aliphatic heterocycles. The van der Waals surface area contributed by atoms with E-state index in [0.717, 1.165) is 22.9 Å². The molecule has 2 heterocycles. The molecule has 2 aromatic rings. The van der Waals surface area contributed by atoms with E-state index in [-0.39, 0.29) is 49.8 Å². The van der Waals surface area contributed by atoms with E-state index in [9.17, 15) is 19.5 Å². The summed E-state index contributed by atoms with van der Waals surface area (Å²) >= 11 is 0. The second kappa shape index (κ2) is 9.75. The molecule has 1 saturated heterocycles. The highest BCUT2D eigenvalue weighted by Crippen LogP contribution is 2.19. The van der Waals surface area contributed by atoms with Crippen LogP contribution in [0.3, 0.4) is 0 Å². The van der Waals surface area contributed by atoms with Crippen LogP contribution in [0, 0.1) is 5.92 Å². The molecule has 0 spiro atoms. The van der Waals surface area contributed by atoms with Gasteiger partial charge in [-0.05, 0) is 30.4 Å². The Bertz CT molecular complexity index is 909. The number of aromatic amines is 1. The highest BCUT2D eigenvalue weighted by atomic mass is 16.3. The molecular formula is C22H30N4O4. The van der Waals surface area contributed by atoms with Gasteiger partial charge in [0.05, 0.1) is 12.6 Å². The molecule has 4 amide bonds. The summed E-state index contributed by atoms with van der Waals surface area (Å²) in [6.45, 7) is 4.13. The van der Waals surface area contributed by atoms with E-state index >= 15 is 0 Å². The number of fused-ring (bicyclic) bond motifs is 1. The Morgan fingerprint density at radius 3 is 2.80 bits per heavy atom. The Balaban J connectivity index is 1.51. The van der Waals surface area contributed by atoms with Gasteiger partial charge in [0.15, 0.2) is 0 Å². The van der Waals surface area contributed by atoms with Crippen molar-refractivity contribution in [3.8, 4) is 0 Å². The summed E-state index contributed by atoms with van der Waals surface area (Å²) in [5.41, 5.74) is 2.07. The number of benzene rings is 1. The fourth-order valence-electron chi connectivity index (χ4n) is 3.76. The number of carbonyl (C=O) groups excluding carboxylic acids is 3. The van der Waals surface area contributed by atoms with Crippen LogP contribution in [0.25, 0.3) is 10.9 Å². The number of imide groups is 1. The number of rotatable bonds is 10. The third-order valence-electron chi connectivity index (χ3n) is 5.92. The lowest BCUT2D eigenvalue weighted by atomic mass is 9.99. The molecule has 8 heteroatoms. The Hall–Kier alpha value is -2.87. The van der Waals surface area contributed by atoms with Gasteiger partial charge in [-0.1, -0.05) is 38.5 Å². The van der Waals surface area contributed by atoms with Crippen LogP contribution in [0.15, 0.2) is 30.5 Å². The van der Waals surface area contributed by atoms with Gasteiger partial charge in [-0.25, -0.2) is 4.79 Å². The quantitative estimate of drug-likeness (QED) is 0.445. The maximum atomic E-state index is 12.6. The summed E-state index contributed by atoms with van der Waals surface area (Å²) in [5, 5.41) is 16.0. The molecule has 162 valence electrons. The monoisotopic (exact) mass is 414 g/mol. The Kier molecular flexibility index (Phi) is 7.10. The van der Waals surface area contributed by atoms with Crippen molar-refractivity contribution in [2.24, 2.45) is 5.92 Å². The van der Waals surface area contributed by atoms with Crippen LogP contribution in [0.5, 0.6) is 0 Å². The average molecular weight is 415 g/mol. The number of aromatic nitrogens is 1. The number of para-hydroxylation sites is 1. The number of H-pyrrole nitrogens is 1. The van der Waals surface area contributed by atoms with E-state index in [1.54, 1.807) is 0 Å². The van der Waals surface area contributed by atoms with Gasteiger partial charge in [-0.15, -0.1) is 0 Å². The smallest absolute Gasteiger partial charge is 0.324 e. The Morgan fingerprint density at radius 2 is 2.07 bits per heavy atom. The highest BCUT2D eigenvalue weighted by molar-refractivity contribution is 6.04. The molecule has 0 aliphatic carbocycles. The molecule has 4 N–H and O–H groups in total. The zero-order valence-corrected chi connectivity index (χ0v) is 17.5. The van der Waals surface area contributed by atoms with E-state index in [4.69, 9.17) is 0 Å². The van der Waals surface area contributed by atoms with Gasteiger partial charge in [0.1, 0.15) is 6.04 Å². The molecule has 1 aromatic carbocycles.